The molecule has 10 nitrogen and oxygen atoms in total. The number of aromatic nitrogens is 1. The van der Waals surface area contributed by atoms with E-state index in [1.165, 1.54) is 0 Å². The molecule has 0 bridgehead atoms. The van der Waals surface area contributed by atoms with E-state index in [1.807, 2.05) is 6.07 Å². The van der Waals surface area contributed by atoms with Crippen LogP contribution in [0.25, 0.3) is 0 Å². The quantitative estimate of drug-likeness (QED) is 0.257. The molecule has 0 unspecified atom stereocenters. The number of ether oxygens (including phenoxy) is 1. The van der Waals surface area contributed by atoms with Gasteiger partial charge in [0.1, 0.15) is 5.69 Å². The highest BCUT2D eigenvalue weighted by atomic mass is 16.5. The highest BCUT2D eigenvalue weighted by Gasteiger charge is 2.18. The van der Waals surface area contributed by atoms with Crippen molar-refractivity contribution in [1.82, 2.24) is 20.1 Å². The second kappa shape index (κ2) is 14.0. The summed E-state index contributed by atoms with van der Waals surface area (Å²) in [4.78, 5) is 46.5. The summed E-state index contributed by atoms with van der Waals surface area (Å²) in [6.07, 6.45) is 2.35. The third-order valence-corrected chi connectivity index (χ3v) is 6.43. The van der Waals surface area contributed by atoms with Crippen LogP contribution in [0.5, 0.6) is 0 Å². The number of nitrogens with one attached hydrogen (secondary N) is 2. The number of urea groups is 1. The Labute approximate surface area is 228 Å². The first-order valence-electron chi connectivity index (χ1n) is 13.0. The van der Waals surface area contributed by atoms with Crippen molar-refractivity contribution in [2.24, 2.45) is 0 Å². The number of amides is 3. The van der Waals surface area contributed by atoms with Crippen LogP contribution in [0.3, 0.4) is 0 Å². The summed E-state index contributed by atoms with van der Waals surface area (Å²) in [5.74, 6) is -0.535. The number of rotatable bonds is 11. The topological polar surface area (TPSA) is 130 Å². The van der Waals surface area contributed by atoms with Crippen molar-refractivity contribution < 1.29 is 19.1 Å². The maximum atomic E-state index is 13.1. The number of anilines is 2. The van der Waals surface area contributed by atoms with Gasteiger partial charge in [-0.15, -0.1) is 0 Å². The molecule has 0 radical (unpaired) electrons. The maximum Gasteiger partial charge on any atom is 0.318 e. The number of nitrogens with zero attached hydrogens (tertiary/aromatic N) is 3. The molecule has 0 aliphatic carbocycles. The molecule has 0 spiro atoms. The van der Waals surface area contributed by atoms with Crippen molar-refractivity contribution in [1.29, 1.82) is 0 Å². The van der Waals surface area contributed by atoms with E-state index in [4.69, 9.17) is 10.5 Å². The standard InChI is InChI=1S/C29H34N6O4/c30-24-9-4-5-10-25(24)33-28(37)26-12-11-22(19-31-26)21-35(14-6-13-34-15-17-39-18-16-34)29(38)32-20-27(36)23-7-2-1-3-8-23/h1-5,7-12,19H,6,13-18,20-21,30H2,(H,32,38)(H,33,37). The van der Waals surface area contributed by atoms with Gasteiger partial charge in [0.25, 0.3) is 5.91 Å². The van der Waals surface area contributed by atoms with E-state index >= 15 is 0 Å². The molecule has 1 aliphatic heterocycles. The molecule has 1 saturated heterocycles. The van der Waals surface area contributed by atoms with Crippen LogP contribution in [0.4, 0.5) is 16.2 Å². The molecule has 4 N–H and O–H groups in total. The summed E-state index contributed by atoms with van der Waals surface area (Å²) >= 11 is 0. The van der Waals surface area contributed by atoms with Gasteiger partial charge in [-0.1, -0.05) is 48.5 Å². The van der Waals surface area contributed by atoms with Gasteiger partial charge in [-0.3, -0.25) is 19.5 Å². The summed E-state index contributed by atoms with van der Waals surface area (Å²) in [5, 5.41) is 5.52. The van der Waals surface area contributed by atoms with Gasteiger partial charge in [0.2, 0.25) is 0 Å². The average Bonchev–Trinajstić information content (AvgIpc) is 2.97. The molecule has 3 aromatic rings. The third-order valence-electron chi connectivity index (χ3n) is 6.43. The number of pyridine rings is 1. The highest BCUT2D eigenvalue weighted by Crippen LogP contribution is 2.17. The number of ketones is 1. The number of carbonyl (C=O) groups excluding carboxylic acids is 3. The molecular weight excluding hydrogens is 496 g/mol. The predicted molar refractivity (Wildman–Crippen MR) is 150 cm³/mol. The Balaban J connectivity index is 1.37. The molecule has 10 heteroatoms. The van der Waals surface area contributed by atoms with Crippen LogP contribution < -0.4 is 16.4 Å². The Morgan fingerprint density at radius 3 is 2.44 bits per heavy atom. The number of hydrogen-bond acceptors (Lipinski definition) is 7. The molecule has 0 saturated carbocycles. The number of hydrogen-bond donors (Lipinski definition) is 3. The molecular formula is C29H34N6O4. The van der Waals surface area contributed by atoms with Crippen molar-refractivity contribution in [2.75, 3.05) is 57.0 Å². The number of Topliss-reactive ketones (excluding diaryl/α,β-unsaturated/α-hetero) is 1. The van der Waals surface area contributed by atoms with Gasteiger partial charge in [-0.2, -0.15) is 0 Å². The monoisotopic (exact) mass is 530 g/mol. The molecule has 0 atom stereocenters. The first-order valence-corrected chi connectivity index (χ1v) is 13.0. The van der Waals surface area contributed by atoms with E-state index < -0.39 is 0 Å². The van der Waals surface area contributed by atoms with Gasteiger partial charge in [0.05, 0.1) is 31.1 Å². The lowest BCUT2D eigenvalue weighted by Gasteiger charge is -2.28. The maximum absolute atomic E-state index is 13.1. The highest BCUT2D eigenvalue weighted by molar-refractivity contribution is 6.04. The number of nitrogens with two attached hydrogens (primary N) is 1. The van der Waals surface area contributed by atoms with Gasteiger partial charge >= 0.3 is 6.03 Å². The van der Waals surface area contributed by atoms with E-state index in [1.54, 1.807) is 71.8 Å². The fourth-order valence-electron chi connectivity index (χ4n) is 4.23. The van der Waals surface area contributed by atoms with E-state index in [9.17, 15) is 14.4 Å². The SMILES string of the molecule is Nc1ccccc1NC(=O)c1ccc(CN(CCCN2CCOCC2)C(=O)NCC(=O)c2ccccc2)cn1. The van der Waals surface area contributed by atoms with Crippen LogP contribution in [-0.2, 0) is 11.3 Å². The van der Waals surface area contributed by atoms with Gasteiger partial charge in [-0.05, 0) is 30.2 Å². The van der Waals surface area contributed by atoms with E-state index in [-0.39, 0.29) is 36.5 Å². The van der Waals surface area contributed by atoms with Crippen molar-refractivity contribution >= 4 is 29.1 Å². The number of para-hydroxylation sites is 2. The lowest BCUT2D eigenvalue weighted by Crippen LogP contribution is -2.43. The van der Waals surface area contributed by atoms with Crippen LogP contribution >= 0.6 is 0 Å². The molecule has 1 aromatic heterocycles. The Bertz CT molecular complexity index is 1250. The number of benzene rings is 2. The third kappa shape index (κ3) is 8.36. The fraction of sp³-hybridized carbons (Fsp3) is 0.310. The second-order valence-corrected chi connectivity index (χ2v) is 9.27. The molecule has 204 valence electrons. The summed E-state index contributed by atoms with van der Waals surface area (Å²) in [7, 11) is 0. The van der Waals surface area contributed by atoms with Gasteiger partial charge in [0, 0.05) is 44.5 Å². The van der Waals surface area contributed by atoms with Crippen molar-refractivity contribution in [3.63, 3.8) is 0 Å². The fourth-order valence-corrected chi connectivity index (χ4v) is 4.23. The largest absolute Gasteiger partial charge is 0.397 e. The zero-order chi connectivity index (χ0) is 27.5. The number of carbonyl (C=O) groups is 3. The van der Waals surface area contributed by atoms with Crippen LogP contribution in [-0.4, -0.2) is 78.4 Å². The lowest BCUT2D eigenvalue weighted by atomic mass is 10.1. The average molecular weight is 531 g/mol. The summed E-state index contributed by atoms with van der Waals surface area (Å²) < 4.78 is 5.41. The minimum absolute atomic E-state index is 0.0945. The summed E-state index contributed by atoms with van der Waals surface area (Å²) in [6.45, 7) is 4.72. The molecule has 3 amide bonds. The minimum Gasteiger partial charge on any atom is -0.397 e. The van der Waals surface area contributed by atoms with Gasteiger partial charge in [0.15, 0.2) is 5.78 Å². The predicted octanol–water partition coefficient (Wildman–Crippen LogP) is 3.03. The molecule has 2 heterocycles. The number of morpholine rings is 1. The summed E-state index contributed by atoms with van der Waals surface area (Å²) in [5.41, 5.74) is 8.44. The van der Waals surface area contributed by atoms with Crippen LogP contribution in [0, 0.1) is 0 Å². The molecule has 1 aliphatic rings. The smallest absolute Gasteiger partial charge is 0.318 e. The molecule has 4 rings (SSSR count). The molecule has 2 aromatic carbocycles. The van der Waals surface area contributed by atoms with Crippen molar-refractivity contribution in [2.45, 2.75) is 13.0 Å². The Kier molecular flexibility index (Phi) is 9.98. The van der Waals surface area contributed by atoms with Gasteiger partial charge in [-0.25, -0.2) is 4.79 Å². The Hall–Kier alpha value is -4.28. The number of nitrogen functional groups attached to an aromatic ring is 1. The van der Waals surface area contributed by atoms with E-state index in [0.29, 0.717) is 36.7 Å². The second-order valence-electron chi connectivity index (χ2n) is 9.27. The first-order chi connectivity index (χ1) is 19.0. The normalized spacial score (nSPS) is 13.4. The Morgan fingerprint density at radius 1 is 0.974 bits per heavy atom. The van der Waals surface area contributed by atoms with E-state index in [0.717, 1.165) is 31.6 Å². The zero-order valence-corrected chi connectivity index (χ0v) is 21.8. The van der Waals surface area contributed by atoms with E-state index in [2.05, 4.69) is 20.5 Å². The van der Waals surface area contributed by atoms with Crippen LogP contribution in [0.1, 0.15) is 32.8 Å². The minimum atomic E-state index is -0.376. The zero-order valence-electron chi connectivity index (χ0n) is 21.8. The first kappa shape index (κ1) is 27.7. The molecule has 39 heavy (non-hydrogen) atoms. The summed E-state index contributed by atoms with van der Waals surface area (Å²) in [6, 6.07) is 18.9. The van der Waals surface area contributed by atoms with Crippen molar-refractivity contribution in [3.05, 3.63) is 89.7 Å². The van der Waals surface area contributed by atoms with Crippen molar-refractivity contribution in [3.8, 4) is 0 Å². The van der Waals surface area contributed by atoms with Crippen LogP contribution in [0.15, 0.2) is 72.9 Å². The van der Waals surface area contributed by atoms with Gasteiger partial charge < -0.3 is 26.0 Å². The van der Waals surface area contributed by atoms with Crippen LogP contribution in [0.2, 0.25) is 0 Å². The molecule has 1 fully saturated rings. The lowest BCUT2D eigenvalue weighted by molar-refractivity contribution is 0.0364. The Morgan fingerprint density at radius 2 is 1.72 bits per heavy atom.